The second-order valence-corrected chi connectivity index (χ2v) is 9.14. The number of hydrogen-bond acceptors (Lipinski definition) is 7. The third-order valence-corrected chi connectivity index (χ3v) is 7.03. The highest BCUT2D eigenvalue weighted by Crippen LogP contribution is 2.41. The minimum atomic E-state index is -2.69. The van der Waals surface area contributed by atoms with Crippen LogP contribution in [0.25, 0.3) is 16.3 Å². The molecule has 172 valence electrons. The standard InChI is InChI=1S/C19H18ClF2N5OS2.C2H6/c1-3-19(6-7-19)26-30-11-9-12(20)14-13(5-4-8-28-2)23-16(27(14)10-11)18-25-24-17(29-18)15(21)22;1-2/h9-10,15,26H,3,6-8H2,1-2H3;1-2H3. The number of nitrogens with one attached hydrogen (secondary N) is 1. The van der Waals surface area contributed by atoms with E-state index in [1.807, 2.05) is 26.1 Å². The van der Waals surface area contributed by atoms with Crippen molar-refractivity contribution in [2.45, 2.75) is 56.9 Å². The molecule has 32 heavy (non-hydrogen) atoms. The first kappa shape index (κ1) is 24.9. The highest BCUT2D eigenvalue weighted by atomic mass is 35.5. The van der Waals surface area contributed by atoms with E-state index >= 15 is 0 Å². The molecular formula is C21H24ClF2N5OS2. The third-order valence-electron chi connectivity index (χ3n) is 4.82. The zero-order valence-corrected chi connectivity index (χ0v) is 20.6. The normalized spacial score (nSPS) is 14.1. The lowest BCUT2D eigenvalue weighted by molar-refractivity contribution is 0.150. The van der Waals surface area contributed by atoms with Crippen LogP contribution in [-0.2, 0) is 4.74 Å². The summed E-state index contributed by atoms with van der Waals surface area (Å²) in [7, 11) is 1.55. The van der Waals surface area contributed by atoms with E-state index in [0.717, 1.165) is 35.5 Å². The lowest BCUT2D eigenvalue weighted by Gasteiger charge is -2.14. The van der Waals surface area contributed by atoms with Crippen LogP contribution >= 0.6 is 34.9 Å². The molecule has 0 bridgehead atoms. The molecule has 1 N–H and O–H groups in total. The van der Waals surface area contributed by atoms with Crippen LogP contribution in [0.4, 0.5) is 8.78 Å². The molecule has 0 aromatic carbocycles. The first-order chi connectivity index (χ1) is 15.5. The van der Waals surface area contributed by atoms with Gasteiger partial charge in [0.25, 0.3) is 6.43 Å². The molecule has 0 saturated heterocycles. The lowest BCUT2D eigenvalue weighted by Crippen LogP contribution is -2.23. The number of nitrogens with zero attached hydrogens (tertiary/aromatic N) is 4. The van der Waals surface area contributed by atoms with Crippen LogP contribution in [0.1, 0.15) is 57.2 Å². The Bertz CT molecular complexity index is 1130. The Morgan fingerprint density at radius 1 is 1.38 bits per heavy atom. The van der Waals surface area contributed by atoms with Gasteiger partial charge in [0.2, 0.25) is 0 Å². The van der Waals surface area contributed by atoms with Crippen LogP contribution in [-0.4, -0.2) is 38.8 Å². The summed E-state index contributed by atoms with van der Waals surface area (Å²) < 4.78 is 36.2. The molecular weight excluding hydrogens is 476 g/mol. The van der Waals surface area contributed by atoms with Gasteiger partial charge in [0.05, 0.1) is 5.02 Å². The molecule has 3 aromatic rings. The zero-order chi connectivity index (χ0) is 23.3. The average Bonchev–Trinajstić information content (AvgIpc) is 3.23. The van der Waals surface area contributed by atoms with E-state index < -0.39 is 6.43 Å². The molecule has 0 radical (unpaired) electrons. The van der Waals surface area contributed by atoms with Gasteiger partial charge in [-0.25, -0.2) is 13.8 Å². The van der Waals surface area contributed by atoms with Gasteiger partial charge >= 0.3 is 0 Å². The molecule has 6 nitrogen and oxygen atoms in total. The van der Waals surface area contributed by atoms with Crippen LogP contribution < -0.4 is 4.72 Å². The summed E-state index contributed by atoms with van der Waals surface area (Å²) in [6.07, 6.45) is 2.50. The highest BCUT2D eigenvalue weighted by Gasteiger charge is 2.40. The molecule has 1 aliphatic carbocycles. The SMILES string of the molecule is CC.CCC1(NSc2cc(Cl)c3c(C#CCOC)nc(-c4nnc(C(F)F)s4)n3c2)CC1. The Hall–Kier alpha value is -1.77. The van der Waals surface area contributed by atoms with Crippen LogP contribution in [0.3, 0.4) is 0 Å². The van der Waals surface area contributed by atoms with Gasteiger partial charge < -0.3 is 4.74 Å². The summed E-state index contributed by atoms with van der Waals surface area (Å²) in [6, 6.07) is 1.85. The summed E-state index contributed by atoms with van der Waals surface area (Å²) in [5, 5.41) is 7.86. The van der Waals surface area contributed by atoms with Crippen LogP contribution in [0, 0.1) is 11.8 Å². The van der Waals surface area contributed by atoms with Gasteiger partial charge in [-0.05, 0) is 43.2 Å². The van der Waals surface area contributed by atoms with Gasteiger partial charge in [0, 0.05) is 23.7 Å². The second-order valence-electron chi connectivity index (χ2n) is 6.85. The van der Waals surface area contributed by atoms with Gasteiger partial charge in [-0.1, -0.05) is 49.6 Å². The highest BCUT2D eigenvalue weighted by molar-refractivity contribution is 7.97. The van der Waals surface area contributed by atoms with Crippen molar-refractivity contribution in [3.05, 3.63) is 28.0 Å². The molecule has 3 aromatic heterocycles. The van der Waals surface area contributed by atoms with E-state index in [4.69, 9.17) is 16.3 Å². The van der Waals surface area contributed by atoms with Crippen molar-refractivity contribution in [1.29, 1.82) is 0 Å². The number of methoxy groups -OCH3 is 1. The predicted molar refractivity (Wildman–Crippen MR) is 125 cm³/mol. The molecule has 3 heterocycles. The largest absolute Gasteiger partial charge is 0.372 e. The fraction of sp³-hybridized carbons (Fsp3) is 0.476. The molecule has 1 aliphatic rings. The van der Waals surface area contributed by atoms with Gasteiger partial charge in [-0.15, -0.1) is 10.2 Å². The number of ether oxygens (including phenoxy) is 1. The van der Waals surface area contributed by atoms with E-state index in [2.05, 4.69) is 38.7 Å². The zero-order valence-electron chi connectivity index (χ0n) is 18.2. The summed E-state index contributed by atoms with van der Waals surface area (Å²) in [6.45, 7) is 6.39. The minimum Gasteiger partial charge on any atom is -0.372 e. The van der Waals surface area contributed by atoms with Crippen molar-refractivity contribution < 1.29 is 13.5 Å². The number of aromatic nitrogens is 4. The number of pyridine rings is 1. The van der Waals surface area contributed by atoms with Crippen molar-refractivity contribution in [2.24, 2.45) is 0 Å². The van der Waals surface area contributed by atoms with E-state index in [-0.39, 0.29) is 22.2 Å². The Labute approximate surface area is 199 Å². The molecule has 0 unspecified atom stereocenters. The Balaban J connectivity index is 0.00000141. The number of imidazole rings is 1. The molecule has 0 aliphatic heterocycles. The molecule has 0 amide bonds. The molecule has 4 rings (SSSR count). The lowest BCUT2D eigenvalue weighted by atomic mass is 10.2. The number of hydrogen-bond donors (Lipinski definition) is 1. The fourth-order valence-electron chi connectivity index (χ4n) is 2.89. The average molecular weight is 500 g/mol. The van der Waals surface area contributed by atoms with E-state index in [0.29, 0.717) is 22.1 Å². The van der Waals surface area contributed by atoms with Crippen LogP contribution in [0.5, 0.6) is 0 Å². The maximum absolute atomic E-state index is 13.0. The Kier molecular flexibility index (Phi) is 8.47. The van der Waals surface area contributed by atoms with Crippen molar-refractivity contribution in [3.8, 4) is 22.7 Å². The van der Waals surface area contributed by atoms with E-state index in [9.17, 15) is 8.78 Å². The van der Waals surface area contributed by atoms with Crippen LogP contribution in [0.2, 0.25) is 5.02 Å². The molecule has 11 heteroatoms. The number of rotatable bonds is 7. The van der Waals surface area contributed by atoms with E-state index in [1.165, 1.54) is 11.9 Å². The summed E-state index contributed by atoms with van der Waals surface area (Å²) >= 11 is 8.88. The molecule has 1 saturated carbocycles. The number of fused-ring (bicyclic) bond motifs is 1. The Morgan fingerprint density at radius 2 is 2.12 bits per heavy atom. The van der Waals surface area contributed by atoms with Crippen molar-refractivity contribution in [2.75, 3.05) is 13.7 Å². The molecule has 1 fully saturated rings. The van der Waals surface area contributed by atoms with Gasteiger partial charge in [-0.3, -0.25) is 9.12 Å². The predicted octanol–water partition coefficient (Wildman–Crippen LogP) is 6.01. The number of alkyl halides is 2. The quantitative estimate of drug-likeness (QED) is 0.317. The summed E-state index contributed by atoms with van der Waals surface area (Å²) in [5.74, 6) is 6.17. The topological polar surface area (TPSA) is 64.3 Å². The van der Waals surface area contributed by atoms with Gasteiger partial charge in [0.15, 0.2) is 15.8 Å². The van der Waals surface area contributed by atoms with Crippen molar-refractivity contribution in [3.63, 3.8) is 0 Å². The third kappa shape index (κ3) is 5.41. The maximum Gasteiger partial charge on any atom is 0.291 e. The summed E-state index contributed by atoms with van der Waals surface area (Å²) in [5.41, 5.74) is 1.19. The molecule has 0 atom stereocenters. The fourth-order valence-corrected chi connectivity index (χ4v) is 4.96. The van der Waals surface area contributed by atoms with Crippen molar-refractivity contribution >= 4 is 40.4 Å². The minimum absolute atomic E-state index is 0.173. The smallest absolute Gasteiger partial charge is 0.291 e. The first-order valence-electron chi connectivity index (χ1n) is 10.2. The summed E-state index contributed by atoms with van der Waals surface area (Å²) in [4.78, 5) is 5.40. The van der Waals surface area contributed by atoms with Gasteiger partial charge in [-0.2, -0.15) is 0 Å². The van der Waals surface area contributed by atoms with Crippen molar-refractivity contribution in [1.82, 2.24) is 24.3 Å². The second kappa shape index (κ2) is 10.9. The van der Waals surface area contributed by atoms with Gasteiger partial charge in [0.1, 0.15) is 17.8 Å². The Morgan fingerprint density at radius 3 is 2.72 bits per heavy atom. The molecule has 0 spiro atoms. The maximum atomic E-state index is 13.0. The monoisotopic (exact) mass is 499 g/mol. The van der Waals surface area contributed by atoms with Crippen LogP contribution in [0.15, 0.2) is 17.2 Å². The first-order valence-corrected chi connectivity index (χ1v) is 12.2. The number of halogens is 3. The van der Waals surface area contributed by atoms with E-state index in [1.54, 1.807) is 11.5 Å².